The molecule has 0 spiro atoms. The molecule has 0 fully saturated rings. The predicted octanol–water partition coefficient (Wildman–Crippen LogP) is -0.423. The number of hydrogen-bond donors (Lipinski definition) is 3. The first-order valence-corrected chi connectivity index (χ1v) is 3.02. The zero-order valence-corrected chi connectivity index (χ0v) is 5.35. The summed E-state index contributed by atoms with van der Waals surface area (Å²) in [5.41, 5.74) is 10.4. The minimum Gasteiger partial charge on any atom is -0.304 e. The van der Waals surface area contributed by atoms with E-state index in [1.807, 2.05) is 0 Å². The lowest BCUT2D eigenvalue weighted by molar-refractivity contribution is 0.530. The van der Waals surface area contributed by atoms with Crippen molar-refractivity contribution in [2.75, 3.05) is 6.54 Å². The Kier molecular flexibility index (Phi) is 4.95. The Labute approximate surface area is 50.4 Å². The lowest BCUT2D eigenvalue weighted by atomic mass is 10.3. The summed E-state index contributed by atoms with van der Waals surface area (Å²) in [7, 11) is 0. The van der Waals surface area contributed by atoms with Crippen LogP contribution in [0.1, 0.15) is 19.8 Å². The van der Waals surface area contributed by atoms with Gasteiger partial charge in [-0.05, 0) is 13.0 Å². The topological polar surface area (TPSA) is 64.1 Å². The Bertz CT molecular complexity index is 44.9. The summed E-state index contributed by atoms with van der Waals surface area (Å²) in [6, 6.07) is 0. The van der Waals surface area contributed by atoms with E-state index in [1.165, 1.54) is 6.42 Å². The third-order valence-electron chi connectivity index (χ3n) is 0.910. The van der Waals surface area contributed by atoms with E-state index >= 15 is 0 Å². The summed E-state index contributed by atoms with van der Waals surface area (Å²) in [4.78, 5) is 0. The molecular weight excluding hydrogens is 102 g/mol. The van der Waals surface area contributed by atoms with E-state index in [-0.39, 0.29) is 6.29 Å². The monoisotopic (exact) mass is 117 g/mol. The van der Waals surface area contributed by atoms with Gasteiger partial charge in [0, 0.05) is 0 Å². The molecule has 5 N–H and O–H groups in total. The average molecular weight is 117 g/mol. The molecule has 0 aromatic rings. The van der Waals surface area contributed by atoms with E-state index in [1.54, 1.807) is 0 Å². The van der Waals surface area contributed by atoms with E-state index in [4.69, 9.17) is 11.5 Å². The summed E-state index contributed by atoms with van der Waals surface area (Å²) in [6.07, 6.45) is 1.98. The molecule has 3 heteroatoms. The van der Waals surface area contributed by atoms with Crippen molar-refractivity contribution in [1.29, 1.82) is 0 Å². The van der Waals surface area contributed by atoms with Gasteiger partial charge < -0.3 is 11.5 Å². The first kappa shape index (κ1) is 7.88. The molecule has 0 bridgehead atoms. The standard InChI is InChI=1S/C5H15N3/c1-2-3-4-8-5(6)7/h5,8H,2-4,6-7H2,1H3. The number of nitrogens with two attached hydrogens (primary N) is 2. The van der Waals surface area contributed by atoms with E-state index in [2.05, 4.69) is 12.2 Å². The predicted molar refractivity (Wildman–Crippen MR) is 35.1 cm³/mol. The molecule has 0 aromatic carbocycles. The Morgan fingerprint density at radius 1 is 1.50 bits per heavy atom. The summed E-state index contributed by atoms with van der Waals surface area (Å²) >= 11 is 0. The molecule has 0 radical (unpaired) electrons. The Morgan fingerprint density at radius 2 is 2.12 bits per heavy atom. The largest absolute Gasteiger partial charge is 0.304 e. The fourth-order valence-corrected chi connectivity index (χ4v) is 0.446. The number of hydrogen-bond acceptors (Lipinski definition) is 3. The molecular formula is C5H15N3. The second kappa shape index (κ2) is 5.03. The number of unbranched alkanes of at least 4 members (excludes halogenated alkanes) is 1. The number of rotatable bonds is 4. The second-order valence-electron chi connectivity index (χ2n) is 1.83. The summed E-state index contributed by atoms with van der Waals surface area (Å²) in [5, 5.41) is 2.90. The summed E-state index contributed by atoms with van der Waals surface area (Å²) in [6.45, 7) is 3.05. The van der Waals surface area contributed by atoms with Gasteiger partial charge in [-0.3, -0.25) is 5.32 Å². The summed E-state index contributed by atoms with van der Waals surface area (Å²) in [5.74, 6) is 0. The van der Waals surface area contributed by atoms with Crippen LogP contribution in [-0.4, -0.2) is 12.8 Å². The lowest BCUT2D eigenvalue weighted by Crippen LogP contribution is -2.45. The number of nitrogens with one attached hydrogen (secondary N) is 1. The van der Waals surface area contributed by atoms with Gasteiger partial charge in [0.2, 0.25) is 0 Å². The van der Waals surface area contributed by atoms with Gasteiger partial charge in [0.15, 0.2) is 0 Å². The molecule has 0 amide bonds. The normalized spacial score (nSPS) is 10.5. The van der Waals surface area contributed by atoms with Gasteiger partial charge in [0.05, 0.1) is 0 Å². The van der Waals surface area contributed by atoms with Crippen molar-refractivity contribution in [3.05, 3.63) is 0 Å². The van der Waals surface area contributed by atoms with Crippen molar-refractivity contribution in [3.8, 4) is 0 Å². The Morgan fingerprint density at radius 3 is 2.50 bits per heavy atom. The zero-order valence-electron chi connectivity index (χ0n) is 5.35. The molecule has 0 aliphatic carbocycles. The smallest absolute Gasteiger partial charge is 0.106 e. The first-order chi connectivity index (χ1) is 3.77. The van der Waals surface area contributed by atoms with Crippen molar-refractivity contribution in [3.63, 3.8) is 0 Å². The van der Waals surface area contributed by atoms with Crippen molar-refractivity contribution in [2.24, 2.45) is 11.5 Å². The zero-order chi connectivity index (χ0) is 6.41. The van der Waals surface area contributed by atoms with Crippen LogP contribution in [0.3, 0.4) is 0 Å². The molecule has 0 aromatic heterocycles. The van der Waals surface area contributed by atoms with Crippen LogP contribution in [0.2, 0.25) is 0 Å². The quantitative estimate of drug-likeness (QED) is 0.346. The van der Waals surface area contributed by atoms with Crippen LogP contribution < -0.4 is 16.8 Å². The van der Waals surface area contributed by atoms with Crippen molar-refractivity contribution >= 4 is 0 Å². The van der Waals surface area contributed by atoms with Crippen molar-refractivity contribution in [1.82, 2.24) is 5.32 Å². The van der Waals surface area contributed by atoms with Crippen molar-refractivity contribution in [2.45, 2.75) is 26.1 Å². The van der Waals surface area contributed by atoms with Crippen LogP contribution in [0.5, 0.6) is 0 Å². The van der Waals surface area contributed by atoms with E-state index in [0.29, 0.717) is 0 Å². The van der Waals surface area contributed by atoms with Gasteiger partial charge in [-0.1, -0.05) is 13.3 Å². The highest BCUT2D eigenvalue weighted by molar-refractivity contribution is 4.47. The third-order valence-corrected chi connectivity index (χ3v) is 0.910. The van der Waals surface area contributed by atoms with Gasteiger partial charge >= 0.3 is 0 Å². The minimum atomic E-state index is -0.346. The Balaban J connectivity index is 2.72. The van der Waals surface area contributed by atoms with Crippen LogP contribution >= 0.6 is 0 Å². The molecule has 0 aliphatic heterocycles. The van der Waals surface area contributed by atoms with E-state index < -0.39 is 0 Å². The van der Waals surface area contributed by atoms with E-state index in [9.17, 15) is 0 Å². The molecule has 0 saturated heterocycles. The fourth-order valence-electron chi connectivity index (χ4n) is 0.446. The maximum atomic E-state index is 5.20. The van der Waals surface area contributed by atoms with Crippen LogP contribution in [-0.2, 0) is 0 Å². The minimum absolute atomic E-state index is 0.346. The van der Waals surface area contributed by atoms with Gasteiger partial charge in [-0.15, -0.1) is 0 Å². The molecule has 0 saturated carbocycles. The summed E-state index contributed by atoms with van der Waals surface area (Å²) < 4.78 is 0. The van der Waals surface area contributed by atoms with Gasteiger partial charge in [0.25, 0.3) is 0 Å². The molecule has 8 heavy (non-hydrogen) atoms. The molecule has 0 atom stereocenters. The molecule has 50 valence electrons. The highest BCUT2D eigenvalue weighted by Gasteiger charge is 1.87. The Hall–Kier alpha value is -0.120. The van der Waals surface area contributed by atoms with Crippen LogP contribution in [0.4, 0.5) is 0 Å². The molecule has 0 unspecified atom stereocenters. The molecule has 0 heterocycles. The second-order valence-corrected chi connectivity index (χ2v) is 1.83. The average Bonchev–Trinajstić information content (AvgIpc) is 1.66. The lowest BCUT2D eigenvalue weighted by Gasteiger charge is -2.05. The maximum absolute atomic E-state index is 5.20. The highest BCUT2D eigenvalue weighted by atomic mass is 15.1. The van der Waals surface area contributed by atoms with Crippen molar-refractivity contribution < 1.29 is 0 Å². The van der Waals surface area contributed by atoms with Crippen LogP contribution in [0.25, 0.3) is 0 Å². The van der Waals surface area contributed by atoms with Gasteiger partial charge in [0.1, 0.15) is 6.29 Å². The highest BCUT2D eigenvalue weighted by Crippen LogP contribution is 1.80. The van der Waals surface area contributed by atoms with Crippen LogP contribution in [0, 0.1) is 0 Å². The molecule has 0 aliphatic rings. The van der Waals surface area contributed by atoms with Gasteiger partial charge in [-0.2, -0.15) is 0 Å². The SMILES string of the molecule is CCCCNC(N)N. The van der Waals surface area contributed by atoms with Gasteiger partial charge in [-0.25, -0.2) is 0 Å². The fraction of sp³-hybridized carbons (Fsp3) is 1.00. The van der Waals surface area contributed by atoms with E-state index in [0.717, 1.165) is 13.0 Å². The molecule has 3 nitrogen and oxygen atoms in total. The first-order valence-electron chi connectivity index (χ1n) is 3.02. The van der Waals surface area contributed by atoms with Crippen LogP contribution in [0.15, 0.2) is 0 Å². The maximum Gasteiger partial charge on any atom is 0.106 e. The molecule has 0 rings (SSSR count). The third kappa shape index (κ3) is 5.88.